The molecule has 2 amide bonds. The minimum atomic E-state index is -0.309. The summed E-state index contributed by atoms with van der Waals surface area (Å²) in [5.74, 6) is -0.0656. The van der Waals surface area contributed by atoms with Gasteiger partial charge in [-0.05, 0) is 26.0 Å². The number of likely N-dealkylation sites (N-methyl/N-ethyl adjacent to an activating group) is 2. The molecule has 1 rings (SSSR count). The summed E-state index contributed by atoms with van der Waals surface area (Å²) in [6.45, 7) is 4.84. The van der Waals surface area contributed by atoms with Gasteiger partial charge < -0.3 is 14.5 Å². The van der Waals surface area contributed by atoms with Gasteiger partial charge >= 0.3 is 0 Å². The summed E-state index contributed by atoms with van der Waals surface area (Å²) in [5, 5.41) is 0.844. The van der Waals surface area contributed by atoms with Crippen molar-refractivity contribution in [2.75, 3.05) is 33.3 Å². The van der Waals surface area contributed by atoms with Crippen LogP contribution in [0.5, 0.6) is 5.75 Å². The van der Waals surface area contributed by atoms with Crippen molar-refractivity contribution in [1.82, 2.24) is 9.80 Å². The molecular weight excluding hydrogens is 327 g/mol. The first kappa shape index (κ1) is 18.6. The molecule has 0 bridgehead atoms. The third kappa shape index (κ3) is 5.39. The van der Waals surface area contributed by atoms with Gasteiger partial charge in [0.15, 0.2) is 6.61 Å². The quantitative estimate of drug-likeness (QED) is 0.762. The normalized spacial score (nSPS) is 10.2. The Labute approximate surface area is 140 Å². The Morgan fingerprint density at radius 3 is 2.36 bits per heavy atom. The van der Waals surface area contributed by atoms with Crippen molar-refractivity contribution in [3.05, 3.63) is 28.2 Å². The number of rotatable bonds is 7. The molecule has 0 saturated heterocycles. The number of hydrogen-bond donors (Lipinski definition) is 0. The zero-order chi connectivity index (χ0) is 16.7. The van der Waals surface area contributed by atoms with Crippen molar-refractivity contribution >= 4 is 35.0 Å². The van der Waals surface area contributed by atoms with E-state index in [0.29, 0.717) is 28.9 Å². The van der Waals surface area contributed by atoms with E-state index < -0.39 is 0 Å². The first-order valence-corrected chi connectivity index (χ1v) is 7.74. The zero-order valence-electron chi connectivity index (χ0n) is 12.9. The van der Waals surface area contributed by atoms with E-state index in [-0.39, 0.29) is 25.0 Å². The fourth-order valence-corrected chi connectivity index (χ4v) is 2.14. The summed E-state index contributed by atoms with van der Waals surface area (Å²) in [6.07, 6.45) is 0. The highest BCUT2D eigenvalue weighted by molar-refractivity contribution is 6.34. The summed E-state index contributed by atoms with van der Waals surface area (Å²) in [4.78, 5) is 26.9. The highest BCUT2D eigenvalue weighted by Crippen LogP contribution is 2.27. The third-order valence-corrected chi connectivity index (χ3v) is 3.71. The second-order valence-electron chi connectivity index (χ2n) is 4.68. The monoisotopic (exact) mass is 346 g/mol. The maximum Gasteiger partial charge on any atom is 0.260 e. The van der Waals surface area contributed by atoms with Gasteiger partial charge in [-0.25, -0.2) is 0 Å². The lowest BCUT2D eigenvalue weighted by Gasteiger charge is -2.23. The molecule has 0 N–H and O–H groups in total. The first-order valence-electron chi connectivity index (χ1n) is 6.98. The van der Waals surface area contributed by atoms with Gasteiger partial charge in [0.05, 0.1) is 11.6 Å². The smallest absolute Gasteiger partial charge is 0.260 e. The van der Waals surface area contributed by atoms with Crippen LogP contribution in [0.25, 0.3) is 0 Å². The Hall–Kier alpha value is -1.46. The third-order valence-electron chi connectivity index (χ3n) is 3.16. The summed E-state index contributed by atoms with van der Waals surface area (Å²) in [7, 11) is 1.56. The molecule has 7 heteroatoms. The van der Waals surface area contributed by atoms with Gasteiger partial charge in [0.1, 0.15) is 5.75 Å². The Balaban J connectivity index is 2.54. The van der Waals surface area contributed by atoms with E-state index in [1.807, 2.05) is 13.8 Å². The fraction of sp³-hybridized carbons (Fsp3) is 0.467. The van der Waals surface area contributed by atoms with Gasteiger partial charge in [-0.3, -0.25) is 9.59 Å². The molecule has 1 aromatic carbocycles. The fourth-order valence-electron chi connectivity index (χ4n) is 1.80. The number of benzene rings is 1. The highest BCUT2D eigenvalue weighted by atomic mass is 35.5. The van der Waals surface area contributed by atoms with E-state index in [4.69, 9.17) is 27.9 Å². The Morgan fingerprint density at radius 2 is 1.77 bits per heavy atom. The number of hydrogen-bond acceptors (Lipinski definition) is 3. The standard InChI is InChI=1S/C15H20Cl2N2O3/c1-4-19(5-2)14(20)9-18(3)15(21)10-22-13-8-11(16)6-7-12(13)17/h6-8H,4-5,9-10H2,1-3H3. The molecule has 5 nitrogen and oxygen atoms in total. The number of nitrogens with zero attached hydrogens (tertiary/aromatic N) is 2. The number of halogens is 2. The van der Waals surface area contributed by atoms with E-state index in [1.54, 1.807) is 24.1 Å². The Morgan fingerprint density at radius 1 is 1.14 bits per heavy atom. The molecule has 0 fully saturated rings. The van der Waals surface area contributed by atoms with E-state index in [9.17, 15) is 9.59 Å². The van der Waals surface area contributed by atoms with Crippen LogP contribution in [0.2, 0.25) is 10.0 Å². The van der Waals surface area contributed by atoms with Crippen LogP contribution in [0.1, 0.15) is 13.8 Å². The minimum Gasteiger partial charge on any atom is -0.482 e. The van der Waals surface area contributed by atoms with E-state index in [0.717, 1.165) is 0 Å². The van der Waals surface area contributed by atoms with Gasteiger partial charge in [0.2, 0.25) is 5.91 Å². The van der Waals surface area contributed by atoms with Crippen molar-refractivity contribution < 1.29 is 14.3 Å². The molecule has 122 valence electrons. The Kier molecular flexibility index (Phi) is 7.48. The van der Waals surface area contributed by atoms with Crippen molar-refractivity contribution in [2.45, 2.75) is 13.8 Å². The van der Waals surface area contributed by atoms with Gasteiger partial charge in [-0.15, -0.1) is 0 Å². The van der Waals surface area contributed by atoms with Gasteiger partial charge in [0, 0.05) is 31.2 Å². The van der Waals surface area contributed by atoms with Crippen LogP contribution in [0.4, 0.5) is 0 Å². The van der Waals surface area contributed by atoms with E-state index >= 15 is 0 Å². The molecule has 0 aliphatic rings. The molecule has 0 spiro atoms. The van der Waals surface area contributed by atoms with Crippen molar-refractivity contribution in [1.29, 1.82) is 0 Å². The summed E-state index contributed by atoms with van der Waals surface area (Å²) in [5.41, 5.74) is 0. The molecule has 0 atom stereocenters. The highest BCUT2D eigenvalue weighted by Gasteiger charge is 2.17. The molecule has 0 heterocycles. The minimum absolute atomic E-state index is 0.0210. The first-order chi connectivity index (χ1) is 10.4. The molecule has 1 aromatic rings. The van der Waals surface area contributed by atoms with Crippen molar-refractivity contribution in [3.8, 4) is 5.75 Å². The largest absolute Gasteiger partial charge is 0.482 e. The van der Waals surface area contributed by atoms with Crippen LogP contribution < -0.4 is 4.74 Å². The number of ether oxygens (including phenoxy) is 1. The number of amides is 2. The van der Waals surface area contributed by atoms with Crippen LogP contribution in [0, 0.1) is 0 Å². The van der Waals surface area contributed by atoms with Crippen LogP contribution >= 0.6 is 23.2 Å². The van der Waals surface area contributed by atoms with Gasteiger partial charge in [-0.1, -0.05) is 23.2 Å². The van der Waals surface area contributed by atoms with E-state index in [1.165, 1.54) is 11.0 Å². The van der Waals surface area contributed by atoms with Crippen LogP contribution in [0.3, 0.4) is 0 Å². The predicted octanol–water partition coefficient (Wildman–Crippen LogP) is 2.70. The maximum atomic E-state index is 12.0. The predicted molar refractivity (Wildman–Crippen MR) is 87.5 cm³/mol. The molecule has 22 heavy (non-hydrogen) atoms. The van der Waals surface area contributed by atoms with Crippen molar-refractivity contribution in [3.63, 3.8) is 0 Å². The summed E-state index contributed by atoms with van der Waals surface area (Å²) in [6, 6.07) is 4.77. The molecule has 0 saturated carbocycles. The lowest BCUT2D eigenvalue weighted by atomic mass is 10.3. The second-order valence-corrected chi connectivity index (χ2v) is 5.52. The van der Waals surface area contributed by atoms with Gasteiger partial charge in [0.25, 0.3) is 5.91 Å². The average Bonchev–Trinajstić information content (AvgIpc) is 2.49. The molecular formula is C15H20Cl2N2O3. The summed E-state index contributed by atoms with van der Waals surface area (Å²) >= 11 is 11.8. The second kappa shape index (κ2) is 8.86. The van der Waals surface area contributed by atoms with Crippen LogP contribution in [-0.4, -0.2) is 54.9 Å². The maximum absolute atomic E-state index is 12.0. The average molecular weight is 347 g/mol. The number of carbonyl (C=O) groups excluding carboxylic acids is 2. The van der Waals surface area contributed by atoms with Crippen molar-refractivity contribution in [2.24, 2.45) is 0 Å². The Bertz CT molecular complexity index is 534. The summed E-state index contributed by atoms with van der Waals surface area (Å²) < 4.78 is 5.36. The topological polar surface area (TPSA) is 49.9 Å². The molecule has 0 aliphatic heterocycles. The zero-order valence-corrected chi connectivity index (χ0v) is 14.4. The molecule has 0 radical (unpaired) electrons. The number of carbonyl (C=O) groups is 2. The lowest BCUT2D eigenvalue weighted by molar-refractivity contribution is -0.140. The molecule has 0 aromatic heterocycles. The van der Waals surface area contributed by atoms with E-state index in [2.05, 4.69) is 0 Å². The lowest BCUT2D eigenvalue weighted by Crippen LogP contribution is -2.42. The molecule has 0 aliphatic carbocycles. The van der Waals surface area contributed by atoms with Crippen LogP contribution in [0.15, 0.2) is 18.2 Å². The van der Waals surface area contributed by atoms with Gasteiger partial charge in [-0.2, -0.15) is 0 Å². The SMILES string of the molecule is CCN(CC)C(=O)CN(C)C(=O)COc1cc(Cl)ccc1Cl. The molecule has 0 unspecified atom stereocenters. The van der Waals surface area contributed by atoms with Crippen LogP contribution in [-0.2, 0) is 9.59 Å².